The fourth-order valence-corrected chi connectivity index (χ4v) is 4.02. The SMILES string of the molecule is CC1CC(Nc2nc(-c3cccc(-c4cnn(C)c4)c3)ncc2-c2cnn(C)c2)C1. The van der Waals surface area contributed by atoms with E-state index in [0.29, 0.717) is 11.9 Å². The van der Waals surface area contributed by atoms with Gasteiger partial charge in [0.1, 0.15) is 5.82 Å². The average molecular weight is 400 g/mol. The van der Waals surface area contributed by atoms with Gasteiger partial charge < -0.3 is 5.32 Å². The van der Waals surface area contributed by atoms with Crippen molar-refractivity contribution in [3.05, 3.63) is 55.2 Å². The van der Waals surface area contributed by atoms with Crippen LogP contribution < -0.4 is 5.32 Å². The molecular weight excluding hydrogens is 374 g/mol. The van der Waals surface area contributed by atoms with Crippen molar-refractivity contribution in [2.24, 2.45) is 20.0 Å². The molecule has 5 rings (SSSR count). The number of aryl methyl sites for hydroxylation is 2. The zero-order valence-corrected chi connectivity index (χ0v) is 17.4. The van der Waals surface area contributed by atoms with Crippen LogP contribution >= 0.6 is 0 Å². The van der Waals surface area contributed by atoms with Gasteiger partial charge in [0.15, 0.2) is 5.82 Å². The van der Waals surface area contributed by atoms with E-state index in [-0.39, 0.29) is 0 Å². The number of nitrogens with one attached hydrogen (secondary N) is 1. The van der Waals surface area contributed by atoms with Crippen LogP contribution in [0.15, 0.2) is 55.2 Å². The van der Waals surface area contributed by atoms with Gasteiger partial charge in [0, 0.05) is 61.0 Å². The van der Waals surface area contributed by atoms with Gasteiger partial charge in [0.05, 0.1) is 12.4 Å². The summed E-state index contributed by atoms with van der Waals surface area (Å²) < 4.78 is 3.61. The van der Waals surface area contributed by atoms with Crippen LogP contribution in [-0.4, -0.2) is 35.6 Å². The monoisotopic (exact) mass is 399 g/mol. The average Bonchev–Trinajstić information content (AvgIpc) is 3.35. The maximum atomic E-state index is 4.94. The second-order valence-corrected chi connectivity index (χ2v) is 8.26. The molecule has 7 nitrogen and oxygen atoms in total. The van der Waals surface area contributed by atoms with Crippen molar-refractivity contribution in [1.82, 2.24) is 29.5 Å². The minimum Gasteiger partial charge on any atom is -0.367 e. The lowest BCUT2D eigenvalue weighted by Gasteiger charge is -2.34. The Labute approximate surface area is 175 Å². The van der Waals surface area contributed by atoms with Crippen LogP contribution in [0.5, 0.6) is 0 Å². The van der Waals surface area contributed by atoms with Crippen molar-refractivity contribution < 1.29 is 0 Å². The molecule has 0 spiro atoms. The molecule has 1 aromatic carbocycles. The predicted molar refractivity (Wildman–Crippen MR) is 118 cm³/mol. The Morgan fingerprint density at radius 1 is 0.900 bits per heavy atom. The van der Waals surface area contributed by atoms with Gasteiger partial charge in [0.2, 0.25) is 0 Å². The molecule has 1 aliphatic rings. The fourth-order valence-electron chi connectivity index (χ4n) is 4.02. The molecular formula is C23H25N7. The minimum absolute atomic E-state index is 0.458. The van der Waals surface area contributed by atoms with Crippen LogP contribution in [0.25, 0.3) is 33.6 Å². The number of nitrogens with zero attached hydrogens (tertiary/aromatic N) is 6. The largest absolute Gasteiger partial charge is 0.367 e. The summed E-state index contributed by atoms with van der Waals surface area (Å²) in [5, 5.41) is 12.2. The normalized spacial score (nSPS) is 18.2. The first-order valence-corrected chi connectivity index (χ1v) is 10.3. The first kappa shape index (κ1) is 18.5. The lowest BCUT2D eigenvalue weighted by atomic mass is 9.82. The Morgan fingerprint density at radius 3 is 2.27 bits per heavy atom. The summed E-state index contributed by atoms with van der Waals surface area (Å²) in [7, 11) is 3.84. The van der Waals surface area contributed by atoms with Crippen LogP contribution in [0.4, 0.5) is 5.82 Å². The lowest BCUT2D eigenvalue weighted by molar-refractivity contribution is 0.308. The standard InChI is InChI=1S/C23H25N7/c1-15-7-20(8-15)27-23-21(19-11-26-30(3)14-19)12-24-22(28-23)17-6-4-5-16(9-17)18-10-25-29(2)13-18/h4-6,9-15,20H,7-8H2,1-3H3,(H,24,27,28). The van der Waals surface area contributed by atoms with Crippen LogP contribution in [-0.2, 0) is 14.1 Å². The molecule has 1 aliphatic carbocycles. The van der Waals surface area contributed by atoms with Gasteiger partial charge in [-0.2, -0.15) is 10.2 Å². The molecule has 0 atom stereocenters. The lowest BCUT2D eigenvalue weighted by Crippen LogP contribution is -2.34. The van der Waals surface area contributed by atoms with Crippen LogP contribution in [0.2, 0.25) is 0 Å². The zero-order chi connectivity index (χ0) is 20.7. The molecule has 0 bridgehead atoms. The molecule has 3 aromatic heterocycles. The van der Waals surface area contributed by atoms with E-state index in [9.17, 15) is 0 Å². The Kier molecular flexibility index (Phi) is 4.58. The van der Waals surface area contributed by atoms with Crippen molar-refractivity contribution in [3.63, 3.8) is 0 Å². The molecule has 0 unspecified atom stereocenters. The van der Waals surface area contributed by atoms with Gasteiger partial charge in [-0.05, 0) is 30.4 Å². The summed E-state index contributed by atoms with van der Waals surface area (Å²) in [4.78, 5) is 9.63. The van der Waals surface area contributed by atoms with Crippen molar-refractivity contribution in [2.75, 3.05) is 5.32 Å². The highest BCUT2D eigenvalue weighted by Crippen LogP contribution is 2.34. The van der Waals surface area contributed by atoms with Gasteiger partial charge in [-0.25, -0.2) is 9.97 Å². The van der Waals surface area contributed by atoms with Gasteiger partial charge in [-0.15, -0.1) is 0 Å². The Bertz CT molecular complexity index is 1180. The maximum absolute atomic E-state index is 4.94. The number of rotatable bonds is 5. The zero-order valence-electron chi connectivity index (χ0n) is 17.4. The molecule has 0 aliphatic heterocycles. The van der Waals surface area contributed by atoms with Crippen molar-refractivity contribution in [3.8, 4) is 33.6 Å². The first-order chi connectivity index (χ1) is 14.5. The summed E-state index contributed by atoms with van der Waals surface area (Å²) in [6.45, 7) is 2.29. The summed E-state index contributed by atoms with van der Waals surface area (Å²) in [5.41, 5.74) is 5.16. The van der Waals surface area contributed by atoms with E-state index >= 15 is 0 Å². The highest BCUT2D eigenvalue weighted by atomic mass is 15.2. The third-order valence-corrected chi connectivity index (χ3v) is 5.68. The van der Waals surface area contributed by atoms with Crippen molar-refractivity contribution in [2.45, 2.75) is 25.8 Å². The fraction of sp³-hybridized carbons (Fsp3) is 0.304. The summed E-state index contributed by atoms with van der Waals surface area (Å²) >= 11 is 0. The van der Waals surface area contributed by atoms with Crippen LogP contribution in [0.1, 0.15) is 19.8 Å². The Morgan fingerprint density at radius 2 is 1.60 bits per heavy atom. The Hall–Kier alpha value is -3.48. The van der Waals surface area contributed by atoms with E-state index in [4.69, 9.17) is 9.97 Å². The Balaban J connectivity index is 1.53. The molecule has 0 saturated heterocycles. The number of hydrogen-bond donors (Lipinski definition) is 1. The molecule has 0 radical (unpaired) electrons. The molecule has 1 saturated carbocycles. The van der Waals surface area contributed by atoms with Crippen molar-refractivity contribution in [1.29, 1.82) is 0 Å². The van der Waals surface area contributed by atoms with E-state index in [1.807, 2.05) is 61.9 Å². The first-order valence-electron chi connectivity index (χ1n) is 10.3. The topological polar surface area (TPSA) is 73.5 Å². The van der Waals surface area contributed by atoms with Gasteiger partial charge in [0.25, 0.3) is 0 Å². The number of anilines is 1. The van der Waals surface area contributed by atoms with E-state index in [2.05, 4.69) is 34.6 Å². The van der Waals surface area contributed by atoms with Gasteiger partial charge >= 0.3 is 0 Å². The third kappa shape index (κ3) is 3.58. The molecule has 4 aromatic rings. The van der Waals surface area contributed by atoms with Crippen LogP contribution in [0.3, 0.4) is 0 Å². The van der Waals surface area contributed by atoms with E-state index in [1.165, 1.54) is 12.8 Å². The molecule has 1 N–H and O–H groups in total. The molecule has 3 heterocycles. The minimum atomic E-state index is 0.458. The summed E-state index contributed by atoms with van der Waals surface area (Å²) in [6.07, 6.45) is 12.0. The van der Waals surface area contributed by atoms with E-state index in [0.717, 1.165) is 39.6 Å². The third-order valence-electron chi connectivity index (χ3n) is 5.68. The number of hydrogen-bond acceptors (Lipinski definition) is 5. The van der Waals surface area contributed by atoms with E-state index < -0.39 is 0 Å². The van der Waals surface area contributed by atoms with Crippen LogP contribution in [0, 0.1) is 5.92 Å². The molecule has 0 amide bonds. The van der Waals surface area contributed by atoms with E-state index in [1.54, 1.807) is 4.68 Å². The van der Waals surface area contributed by atoms with Gasteiger partial charge in [-0.1, -0.05) is 25.1 Å². The molecule has 1 fully saturated rings. The number of benzene rings is 1. The summed E-state index contributed by atoms with van der Waals surface area (Å²) in [5.74, 6) is 2.35. The molecule has 152 valence electrons. The second-order valence-electron chi connectivity index (χ2n) is 8.26. The smallest absolute Gasteiger partial charge is 0.161 e. The molecule has 30 heavy (non-hydrogen) atoms. The second kappa shape index (κ2) is 7.40. The van der Waals surface area contributed by atoms with Crippen molar-refractivity contribution >= 4 is 5.82 Å². The van der Waals surface area contributed by atoms with Gasteiger partial charge in [-0.3, -0.25) is 9.36 Å². The molecule has 7 heteroatoms. The highest BCUT2D eigenvalue weighted by molar-refractivity contribution is 5.76. The number of aromatic nitrogens is 6. The summed E-state index contributed by atoms with van der Waals surface area (Å²) in [6, 6.07) is 8.75. The highest BCUT2D eigenvalue weighted by Gasteiger charge is 2.26. The maximum Gasteiger partial charge on any atom is 0.161 e. The predicted octanol–water partition coefficient (Wildman–Crippen LogP) is 4.16. The quantitative estimate of drug-likeness (QED) is 0.546.